The lowest BCUT2D eigenvalue weighted by molar-refractivity contribution is 0.0722. The lowest BCUT2D eigenvalue weighted by Gasteiger charge is -2.24. The highest BCUT2D eigenvalue weighted by Crippen LogP contribution is 2.29. The second-order valence-corrected chi connectivity index (χ2v) is 5.63. The van der Waals surface area contributed by atoms with E-state index in [4.69, 9.17) is 0 Å². The van der Waals surface area contributed by atoms with Crippen LogP contribution in [0.3, 0.4) is 0 Å². The molecule has 0 saturated heterocycles. The largest absolute Gasteiger partial charge is 0.335 e. The van der Waals surface area contributed by atoms with Crippen LogP contribution in [0.15, 0.2) is 24.3 Å². The highest BCUT2D eigenvalue weighted by molar-refractivity contribution is 5.94. The van der Waals surface area contributed by atoms with Gasteiger partial charge in [-0.05, 0) is 42.9 Å². The molecule has 1 saturated carbocycles. The van der Waals surface area contributed by atoms with Crippen LogP contribution in [0.2, 0.25) is 0 Å². The van der Waals surface area contributed by atoms with Crippen molar-refractivity contribution < 1.29 is 4.79 Å². The minimum Gasteiger partial charge on any atom is -0.335 e. The van der Waals surface area contributed by atoms with Crippen LogP contribution in [0, 0.1) is 5.92 Å². The number of hydrogen-bond donors (Lipinski definition) is 0. The number of benzene rings is 1. The maximum Gasteiger partial charge on any atom is 0.254 e. The summed E-state index contributed by atoms with van der Waals surface area (Å²) in [7, 11) is 0. The molecule has 0 bridgehead atoms. The molecule has 2 nitrogen and oxygen atoms in total. The Kier molecular flexibility index (Phi) is 4.05. The van der Waals surface area contributed by atoms with Gasteiger partial charge in [-0.3, -0.25) is 4.79 Å². The molecular formula is C16H23NO. The molecular weight excluding hydrogens is 222 g/mol. The molecule has 2 heteroatoms. The molecule has 0 unspecified atom stereocenters. The molecule has 1 aromatic rings. The Bertz CT molecular complexity index is 404. The molecule has 1 aromatic carbocycles. The fourth-order valence-corrected chi connectivity index (χ4v) is 2.23. The van der Waals surface area contributed by atoms with Gasteiger partial charge in [-0.25, -0.2) is 0 Å². The topological polar surface area (TPSA) is 20.3 Å². The number of carbonyl (C=O) groups excluding carboxylic acids is 1. The standard InChI is InChI=1S/C16H23NO/c1-4-13-5-7-14(8-6-13)16(18)17(11-12(2)3)15-9-10-15/h5-8,12,15H,4,9-11H2,1-3H3. The molecule has 98 valence electrons. The van der Waals surface area contributed by atoms with Crippen molar-refractivity contribution in [1.29, 1.82) is 0 Å². The first-order valence-electron chi connectivity index (χ1n) is 7.01. The van der Waals surface area contributed by atoms with Gasteiger partial charge in [-0.1, -0.05) is 32.9 Å². The molecule has 0 atom stereocenters. The van der Waals surface area contributed by atoms with E-state index in [0.717, 1.165) is 18.5 Å². The van der Waals surface area contributed by atoms with Gasteiger partial charge in [0.25, 0.3) is 5.91 Å². The van der Waals surface area contributed by atoms with Crippen LogP contribution >= 0.6 is 0 Å². The zero-order valence-corrected chi connectivity index (χ0v) is 11.6. The molecule has 2 rings (SSSR count). The van der Waals surface area contributed by atoms with Crippen molar-refractivity contribution in [3.05, 3.63) is 35.4 Å². The minimum atomic E-state index is 0.203. The molecule has 18 heavy (non-hydrogen) atoms. The van der Waals surface area contributed by atoms with Crippen molar-refractivity contribution in [2.75, 3.05) is 6.54 Å². The van der Waals surface area contributed by atoms with Crippen LogP contribution in [0.4, 0.5) is 0 Å². The van der Waals surface area contributed by atoms with E-state index in [-0.39, 0.29) is 5.91 Å². The summed E-state index contributed by atoms with van der Waals surface area (Å²) in [5.41, 5.74) is 2.12. The molecule has 1 aliphatic carbocycles. The van der Waals surface area contributed by atoms with E-state index < -0.39 is 0 Å². The summed E-state index contributed by atoms with van der Waals surface area (Å²) in [6.07, 6.45) is 3.36. The molecule has 0 aromatic heterocycles. The van der Waals surface area contributed by atoms with Crippen LogP contribution in [-0.4, -0.2) is 23.4 Å². The highest BCUT2D eigenvalue weighted by atomic mass is 16.2. The van der Waals surface area contributed by atoms with Gasteiger partial charge in [0.2, 0.25) is 0 Å². The molecule has 0 aliphatic heterocycles. The van der Waals surface area contributed by atoms with Gasteiger partial charge in [0.15, 0.2) is 0 Å². The monoisotopic (exact) mass is 245 g/mol. The van der Waals surface area contributed by atoms with E-state index >= 15 is 0 Å². The molecule has 0 spiro atoms. The number of amides is 1. The predicted molar refractivity (Wildman–Crippen MR) is 74.7 cm³/mol. The SMILES string of the molecule is CCc1ccc(C(=O)N(CC(C)C)C2CC2)cc1. The Labute approximate surface area is 110 Å². The van der Waals surface area contributed by atoms with Crippen LogP contribution in [0.5, 0.6) is 0 Å². The third-order valence-electron chi connectivity index (χ3n) is 3.42. The maximum absolute atomic E-state index is 12.5. The molecule has 0 heterocycles. The van der Waals surface area contributed by atoms with Gasteiger partial charge in [0.05, 0.1) is 0 Å². The lowest BCUT2D eigenvalue weighted by Crippen LogP contribution is -2.36. The molecule has 1 amide bonds. The van der Waals surface area contributed by atoms with E-state index in [0.29, 0.717) is 12.0 Å². The highest BCUT2D eigenvalue weighted by Gasteiger charge is 2.33. The predicted octanol–water partition coefficient (Wildman–Crippen LogP) is 3.51. The zero-order valence-electron chi connectivity index (χ0n) is 11.6. The Morgan fingerprint density at radius 2 is 1.89 bits per heavy atom. The number of rotatable bonds is 5. The third-order valence-corrected chi connectivity index (χ3v) is 3.42. The molecule has 0 N–H and O–H groups in total. The van der Waals surface area contributed by atoms with E-state index in [1.54, 1.807) is 0 Å². The number of hydrogen-bond acceptors (Lipinski definition) is 1. The quantitative estimate of drug-likeness (QED) is 0.777. The summed E-state index contributed by atoms with van der Waals surface area (Å²) >= 11 is 0. The third kappa shape index (κ3) is 3.12. The van der Waals surface area contributed by atoms with Crippen molar-refractivity contribution in [2.45, 2.75) is 46.1 Å². The van der Waals surface area contributed by atoms with Gasteiger partial charge >= 0.3 is 0 Å². The summed E-state index contributed by atoms with van der Waals surface area (Å²) in [6.45, 7) is 7.34. The minimum absolute atomic E-state index is 0.203. The molecule has 0 radical (unpaired) electrons. The van der Waals surface area contributed by atoms with Gasteiger partial charge in [0.1, 0.15) is 0 Å². The van der Waals surface area contributed by atoms with Crippen LogP contribution < -0.4 is 0 Å². The van der Waals surface area contributed by atoms with Crippen molar-refractivity contribution in [1.82, 2.24) is 4.90 Å². The zero-order chi connectivity index (χ0) is 13.1. The summed E-state index contributed by atoms with van der Waals surface area (Å²) < 4.78 is 0. The molecule has 1 aliphatic rings. The Hall–Kier alpha value is -1.31. The summed E-state index contributed by atoms with van der Waals surface area (Å²) in [6, 6.07) is 8.56. The summed E-state index contributed by atoms with van der Waals surface area (Å²) in [5, 5.41) is 0. The Morgan fingerprint density at radius 3 is 2.33 bits per heavy atom. The maximum atomic E-state index is 12.5. The van der Waals surface area contributed by atoms with Crippen LogP contribution in [0.25, 0.3) is 0 Å². The smallest absolute Gasteiger partial charge is 0.254 e. The number of nitrogens with zero attached hydrogens (tertiary/aromatic N) is 1. The van der Waals surface area contributed by atoms with Crippen LogP contribution in [0.1, 0.15) is 49.5 Å². The van der Waals surface area contributed by atoms with Gasteiger partial charge in [-0.2, -0.15) is 0 Å². The number of aryl methyl sites for hydroxylation is 1. The van der Waals surface area contributed by atoms with Crippen molar-refractivity contribution in [3.8, 4) is 0 Å². The van der Waals surface area contributed by atoms with Gasteiger partial charge in [0, 0.05) is 18.2 Å². The van der Waals surface area contributed by atoms with Crippen molar-refractivity contribution >= 4 is 5.91 Å². The van der Waals surface area contributed by atoms with E-state index in [9.17, 15) is 4.79 Å². The number of carbonyl (C=O) groups is 1. The van der Waals surface area contributed by atoms with Gasteiger partial charge in [-0.15, -0.1) is 0 Å². The molecule has 1 fully saturated rings. The van der Waals surface area contributed by atoms with Crippen molar-refractivity contribution in [3.63, 3.8) is 0 Å². The Balaban J connectivity index is 2.11. The first-order valence-corrected chi connectivity index (χ1v) is 7.01. The normalized spacial score (nSPS) is 14.9. The first-order chi connectivity index (χ1) is 8.61. The average molecular weight is 245 g/mol. The average Bonchev–Trinajstić information content (AvgIpc) is 3.19. The fourth-order valence-electron chi connectivity index (χ4n) is 2.23. The summed E-state index contributed by atoms with van der Waals surface area (Å²) in [5.74, 6) is 0.735. The second-order valence-electron chi connectivity index (χ2n) is 5.63. The summed E-state index contributed by atoms with van der Waals surface area (Å²) in [4.78, 5) is 14.5. The van der Waals surface area contributed by atoms with Crippen LogP contribution in [-0.2, 0) is 6.42 Å². The first kappa shape index (κ1) is 13.1. The van der Waals surface area contributed by atoms with Crippen molar-refractivity contribution in [2.24, 2.45) is 5.92 Å². The van der Waals surface area contributed by atoms with E-state index in [1.807, 2.05) is 12.1 Å². The fraction of sp³-hybridized carbons (Fsp3) is 0.562. The van der Waals surface area contributed by atoms with Gasteiger partial charge < -0.3 is 4.90 Å². The van der Waals surface area contributed by atoms with E-state index in [2.05, 4.69) is 37.8 Å². The lowest BCUT2D eigenvalue weighted by atomic mass is 10.1. The van der Waals surface area contributed by atoms with E-state index in [1.165, 1.54) is 18.4 Å². The second kappa shape index (κ2) is 5.55. The Morgan fingerprint density at radius 1 is 1.28 bits per heavy atom.